The number of nitro benzene ring substituents is 1. The standard InChI is InChI=1S/C15H16N2O5S/c1-10(2)11-3-6-13(7-4-11)23(20,21)22-12-5-8-14(16)15(9-12)17(18)19/h3-10H,16H2,1-2H3. The summed E-state index contributed by atoms with van der Waals surface area (Å²) < 4.78 is 29.4. The summed E-state index contributed by atoms with van der Waals surface area (Å²) in [6.45, 7) is 3.99. The summed E-state index contributed by atoms with van der Waals surface area (Å²) in [4.78, 5) is 10.1. The van der Waals surface area contributed by atoms with Crippen molar-refractivity contribution in [3.63, 3.8) is 0 Å². The van der Waals surface area contributed by atoms with Gasteiger partial charge in [0.05, 0.1) is 11.0 Å². The van der Waals surface area contributed by atoms with E-state index in [1.54, 1.807) is 12.1 Å². The van der Waals surface area contributed by atoms with E-state index in [1.165, 1.54) is 24.3 Å². The van der Waals surface area contributed by atoms with Crippen molar-refractivity contribution in [3.05, 3.63) is 58.1 Å². The zero-order valence-corrected chi connectivity index (χ0v) is 13.4. The Labute approximate surface area is 134 Å². The van der Waals surface area contributed by atoms with E-state index < -0.39 is 20.7 Å². The number of nitro groups is 1. The van der Waals surface area contributed by atoms with Gasteiger partial charge in [0.15, 0.2) is 0 Å². The predicted octanol–water partition coefficient (Wildman–Crippen LogP) is 3.07. The van der Waals surface area contributed by atoms with Gasteiger partial charge in [-0.2, -0.15) is 8.42 Å². The van der Waals surface area contributed by atoms with Gasteiger partial charge in [-0.3, -0.25) is 10.1 Å². The fourth-order valence-electron chi connectivity index (χ4n) is 1.93. The highest BCUT2D eigenvalue weighted by atomic mass is 32.2. The quantitative estimate of drug-likeness (QED) is 0.388. The van der Waals surface area contributed by atoms with Gasteiger partial charge in [0.2, 0.25) is 0 Å². The van der Waals surface area contributed by atoms with Crippen LogP contribution in [0.1, 0.15) is 25.3 Å². The molecule has 0 amide bonds. The smallest absolute Gasteiger partial charge is 0.339 e. The monoisotopic (exact) mass is 336 g/mol. The van der Waals surface area contributed by atoms with Crippen molar-refractivity contribution in [2.45, 2.75) is 24.7 Å². The Hall–Kier alpha value is -2.61. The van der Waals surface area contributed by atoms with Crippen LogP contribution in [0.3, 0.4) is 0 Å². The Morgan fingerprint density at radius 1 is 1.13 bits per heavy atom. The van der Waals surface area contributed by atoms with E-state index in [-0.39, 0.29) is 22.3 Å². The van der Waals surface area contributed by atoms with E-state index in [1.807, 2.05) is 13.8 Å². The zero-order chi connectivity index (χ0) is 17.2. The molecule has 0 aromatic heterocycles. The summed E-state index contributed by atoms with van der Waals surface area (Å²) in [5.74, 6) is 0.103. The van der Waals surface area contributed by atoms with E-state index >= 15 is 0 Å². The Morgan fingerprint density at radius 2 is 1.74 bits per heavy atom. The first-order chi connectivity index (χ1) is 10.7. The zero-order valence-electron chi connectivity index (χ0n) is 12.6. The van der Waals surface area contributed by atoms with E-state index in [0.717, 1.165) is 11.6 Å². The van der Waals surface area contributed by atoms with Crippen LogP contribution < -0.4 is 9.92 Å². The van der Waals surface area contributed by atoms with Gasteiger partial charge in [-0.05, 0) is 35.7 Å². The van der Waals surface area contributed by atoms with Crippen LogP contribution in [0.25, 0.3) is 0 Å². The number of nitrogens with two attached hydrogens (primary N) is 1. The molecule has 0 saturated heterocycles. The lowest BCUT2D eigenvalue weighted by atomic mass is 10.0. The minimum Gasteiger partial charge on any atom is -0.393 e. The Balaban J connectivity index is 2.31. The molecule has 0 saturated carbocycles. The van der Waals surface area contributed by atoms with E-state index in [0.29, 0.717) is 0 Å². The molecule has 0 unspecified atom stereocenters. The third kappa shape index (κ3) is 3.78. The van der Waals surface area contributed by atoms with Gasteiger partial charge in [0.25, 0.3) is 5.69 Å². The molecule has 23 heavy (non-hydrogen) atoms. The molecule has 0 heterocycles. The van der Waals surface area contributed by atoms with Crippen LogP contribution in [0.5, 0.6) is 5.75 Å². The number of anilines is 1. The Morgan fingerprint density at radius 3 is 2.26 bits per heavy atom. The molecule has 2 rings (SSSR count). The van der Waals surface area contributed by atoms with E-state index in [9.17, 15) is 18.5 Å². The van der Waals surface area contributed by atoms with Crippen molar-refractivity contribution < 1.29 is 17.5 Å². The normalized spacial score (nSPS) is 11.4. The number of nitrogen functional groups attached to an aromatic ring is 1. The van der Waals surface area contributed by atoms with Crippen LogP contribution in [-0.4, -0.2) is 13.3 Å². The molecule has 122 valence electrons. The molecule has 7 nitrogen and oxygen atoms in total. The highest BCUT2D eigenvalue weighted by Crippen LogP contribution is 2.28. The van der Waals surface area contributed by atoms with Gasteiger partial charge in [0.1, 0.15) is 16.3 Å². The van der Waals surface area contributed by atoms with Crippen molar-refractivity contribution in [2.75, 3.05) is 5.73 Å². The average molecular weight is 336 g/mol. The first kappa shape index (κ1) is 16.8. The lowest BCUT2D eigenvalue weighted by Gasteiger charge is -2.09. The molecule has 0 aliphatic heterocycles. The molecule has 2 aromatic carbocycles. The maximum atomic E-state index is 12.2. The molecular formula is C15H16N2O5S. The Kier molecular flexibility index (Phi) is 4.55. The lowest BCUT2D eigenvalue weighted by Crippen LogP contribution is -2.10. The first-order valence-electron chi connectivity index (χ1n) is 6.79. The van der Waals surface area contributed by atoms with Crippen LogP contribution in [0, 0.1) is 10.1 Å². The van der Waals surface area contributed by atoms with Crippen LogP contribution in [-0.2, 0) is 10.1 Å². The fraction of sp³-hybridized carbons (Fsp3) is 0.200. The van der Waals surface area contributed by atoms with Gasteiger partial charge in [-0.15, -0.1) is 0 Å². The third-order valence-corrected chi connectivity index (χ3v) is 4.50. The second-order valence-corrected chi connectivity index (χ2v) is 6.79. The van der Waals surface area contributed by atoms with E-state index in [4.69, 9.17) is 9.92 Å². The molecule has 0 fully saturated rings. The van der Waals surface area contributed by atoms with Crippen LogP contribution in [0.15, 0.2) is 47.4 Å². The summed E-state index contributed by atoms with van der Waals surface area (Å²) >= 11 is 0. The van der Waals surface area contributed by atoms with Crippen LogP contribution >= 0.6 is 0 Å². The fourth-order valence-corrected chi connectivity index (χ4v) is 2.85. The van der Waals surface area contributed by atoms with Crippen molar-refractivity contribution in [2.24, 2.45) is 0 Å². The second-order valence-electron chi connectivity index (χ2n) is 5.24. The van der Waals surface area contributed by atoms with Crippen molar-refractivity contribution in [1.82, 2.24) is 0 Å². The molecule has 8 heteroatoms. The summed E-state index contributed by atoms with van der Waals surface area (Å²) in [5.41, 5.74) is 5.98. The molecule has 2 aromatic rings. The minimum absolute atomic E-state index is 0.0265. The average Bonchev–Trinajstić information content (AvgIpc) is 2.48. The number of nitrogens with zero attached hydrogens (tertiary/aromatic N) is 1. The van der Waals surface area contributed by atoms with Gasteiger partial charge < -0.3 is 9.92 Å². The van der Waals surface area contributed by atoms with Gasteiger partial charge >= 0.3 is 10.1 Å². The highest BCUT2D eigenvalue weighted by Gasteiger charge is 2.20. The Bertz CT molecular complexity index is 829. The van der Waals surface area contributed by atoms with Gasteiger partial charge in [0, 0.05) is 0 Å². The molecule has 0 aliphatic rings. The molecule has 2 N–H and O–H groups in total. The maximum absolute atomic E-state index is 12.2. The van der Waals surface area contributed by atoms with Crippen LogP contribution in [0.4, 0.5) is 11.4 Å². The second kappa shape index (κ2) is 6.25. The number of rotatable bonds is 5. The maximum Gasteiger partial charge on any atom is 0.339 e. The molecular weight excluding hydrogens is 320 g/mol. The summed E-state index contributed by atoms with van der Waals surface area (Å²) in [6.07, 6.45) is 0. The van der Waals surface area contributed by atoms with Gasteiger partial charge in [-0.1, -0.05) is 26.0 Å². The molecule has 0 atom stereocenters. The number of hydrogen-bond acceptors (Lipinski definition) is 6. The summed E-state index contributed by atoms with van der Waals surface area (Å²) in [5, 5.41) is 10.8. The van der Waals surface area contributed by atoms with Crippen LogP contribution in [0.2, 0.25) is 0 Å². The highest BCUT2D eigenvalue weighted by molar-refractivity contribution is 7.87. The molecule has 0 aliphatic carbocycles. The largest absolute Gasteiger partial charge is 0.393 e. The minimum atomic E-state index is -4.07. The first-order valence-corrected chi connectivity index (χ1v) is 8.20. The summed E-state index contributed by atoms with van der Waals surface area (Å²) in [7, 11) is -4.07. The third-order valence-electron chi connectivity index (χ3n) is 3.24. The van der Waals surface area contributed by atoms with Crippen molar-refractivity contribution in [3.8, 4) is 5.75 Å². The topological polar surface area (TPSA) is 113 Å². The van der Waals surface area contributed by atoms with Gasteiger partial charge in [-0.25, -0.2) is 0 Å². The molecule has 0 bridgehead atoms. The van der Waals surface area contributed by atoms with Crippen molar-refractivity contribution in [1.29, 1.82) is 0 Å². The SMILES string of the molecule is CC(C)c1ccc(S(=O)(=O)Oc2ccc(N)c([N+](=O)[O-])c2)cc1. The van der Waals surface area contributed by atoms with Crippen molar-refractivity contribution >= 4 is 21.5 Å². The lowest BCUT2D eigenvalue weighted by molar-refractivity contribution is -0.383. The predicted molar refractivity (Wildman–Crippen MR) is 85.9 cm³/mol. The summed E-state index contributed by atoms with van der Waals surface area (Å²) in [6, 6.07) is 9.76. The number of benzene rings is 2. The molecule has 0 radical (unpaired) electrons. The number of hydrogen-bond donors (Lipinski definition) is 1. The molecule has 0 spiro atoms. The van der Waals surface area contributed by atoms with E-state index in [2.05, 4.69) is 0 Å².